The van der Waals surface area contributed by atoms with Crippen molar-refractivity contribution in [1.82, 2.24) is 0 Å². The summed E-state index contributed by atoms with van der Waals surface area (Å²) in [5.41, 5.74) is 0.245. The number of sulfonamides is 1. The molecule has 0 atom stereocenters. The number of hydrogen-bond acceptors (Lipinski definition) is 5. The van der Waals surface area contributed by atoms with Crippen molar-refractivity contribution in [3.05, 3.63) is 39.5 Å². The molecule has 0 saturated heterocycles. The van der Waals surface area contributed by atoms with E-state index in [1.54, 1.807) is 17.5 Å². The van der Waals surface area contributed by atoms with Crippen molar-refractivity contribution in [3.63, 3.8) is 0 Å². The lowest BCUT2D eigenvalue weighted by atomic mass is 10.3. The number of methoxy groups -OCH3 is 1. The van der Waals surface area contributed by atoms with E-state index in [0.29, 0.717) is 15.6 Å². The van der Waals surface area contributed by atoms with Crippen molar-refractivity contribution >= 4 is 38.6 Å². The van der Waals surface area contributed by atoms with Crippen LogP contribution >= 0.6 is 22.9 Å². The highest BCUT2D eigenvalue weighted by molar-refractivity contribution is 7.93. The first kappa shape index (κ1) is 15.1. The van der Waals surface area contributed by atoms with Gasteiger partial charge in [0.25, 0.3) is 10.0 Å². The number of anilines is 1. The molecule has 2 rings (SSSR count). The predicted molar refractivity (Wildman–Crippen MR) is 79.1 cm³/mol. The van der Waals surface area contributed by atoms with Gasteiger partial charge in [-0.1, -0.05) is 11.6 Å². The third-order valence-electron chi connectivity index (χ3n) is 2.54. The third-order valence-corrected chi connectivity index (χ3v) is 5.26. The lowest BCUT2D eigenvalue weighted by Gasteiger charge is -2.12. The van der Waals surface area contributed by atoms with Crippen molar-refractivity contribution in [2.24, 2.45) is 0 Å². The summed E-state index contributed by atoms with van der Waals surface area (Å²) in [6.45, 7) is -0.333. The van der Waals surface area contributed by atoms with Gasteiger partial charge in [-0.3, -0.25) is 4.72 Å². The van der Waals surface area contributed by atoms with Crippen LogP contribution in [-0.2, 0) is 16.6 Å². The van der Waals surface area contributed by atoms with Gasteiger partial charge in [-0.2, -0.15) is 0 Å². The van der Waals surface area contributed by atoms with E-state index < -0.39 is 10.0 Å². The highest BCUT2D eigenvalue weighted by atomic mass is 35.5. The van der Waals surface area contributed by atoms with Crippen LogP contribution in [0.1, 0.15) is 4.88 Å². The number of hydrogen-bond donors (Lipinski definition) is 2. The van der Waals surface area contributed by atoms with Crippen LogP contribution in [0.3, 0.4) is 0 Å². The average Bonchev–Trinajstić information content (AvgIpc) is 2.87. The maximum absolute atomic E-state index is 12.3. The Hall–Kier alpha value is -1.28. The van der Waals surface area contributed by atoms with Gasteiger partial charge in [0.15, 0.2) is 0 Å². The molecule has 20 heavy (non-hydrogen) atoms. The van der Waals surface area contributed by atoms with Gasteiger partial charge in [0.1, 0.15) is 10.6 Å². The van der Waals surface area contributed by atoms with Gasteiger partial charge < -0.3 is 9.84 Å². The molecule has 2 N–H and O–H groups in total. The van der Waals surface area contributed by atoms with Gasteiger partial charge in [-0.05, 0) is 29.6 Å². The highest BCUT2D eigenvalue weighted by Gasteiger charge is 2.21. The molecule has 0 bridgehead atoms. The topological polar surface area (TPSA) is 75.6 Å². The van der Waals surface area contributed by atoms with Gasteiger partial charge in [0.2, 0.25) is 0 Å². The molecule has 0 amide bonds. The molecule has 0 radical (unpaired) electrons. The number of thiophene rings is 1. The lowest BCUT2D eigenvalue weighted by molar-refractivity contribution is 0.282. The number of ether oxygens (including phenoxy) is 1. The predicted octanol–water partition coefficient (Wildman–Crippen LogP) is 2.70. The Kier molecular flexibility index (Phi) is 4.54. The van der Waals surface area contributed by atoms with Gasteiger partial charge in [-0.25, -0.2) is 8.42 Å². The Balaban J connectivity index is 2.41. The molecule has 0 saturated carbocycles. The fourth-order valence-electron chi connectivity index (χ4n) is 1.64. The molecule has 2 aromatic rings. The van der Waals surface area contributed by atoms with Crippen LogP contribution in [0.4, 0.5) is 5.69 Å². The van der Waals surface area contributed by atoms with Crippen LogP contribution < -0.4 is 9.46 Å². The molecule has 1 heterocycles. The van der Waals surface area contributed by atoms with Gasteiger partial charge in [-0.15, -0.1) is 11.3 Å². The van der Waals surface area contributed by atoms with Crippen LogP contribution in [0.2, 0.25) is 5.02 Å². The largest absolute Gasteiger partial charge is 0.495 e. The van der Waals surface area contributed by atoms with Gasteiger partial charge in [0, 0.05) is 5.02 Å². The minimum Gasteiger partial charge on any atom is -0.495 e. The number of nitrogens with one attached hydrogen (secondary N) is 1. The van der Waals surface area contributed by atoms with E-state index in [4.69, 9.17) is 21.4 Å². The standard InChI is InChI=1S/C12H12ClNO4S2/c1-18-10-3-2-8(13)6-9(10)14-20(16,17)12-4-5-19-11(12)7-15/h2-6,14-15H,7H2,1H3. The molecule has 0 unspecified atom stereocenters. The molecule has 0 aliphatic rings. The fourth-order valence-corrected chi connectivity index (χ4v) is 4.17. The molecule has 0 aliphatic carbocycles. The molecule has 5 nitrogen and oxygen atoms in total. The van der Waals surface area contributed by atoms with E-state index >= 15 is 0 Å². The van der Waals surface area contributed by atoms with Crippen LogP contribution in [0.25, 0.3) is 0 Å². The van der Waals surface area contributed by atoms with Crippen LogP contribution in [0, 0.1) is 0 Å². The van der Waals surface area contributed by atoms with Crippen molar-refractivity contribution < 1.29 is 18.3 Å². The van der Waals surface area contributed by atoms with Crippen molar-refractivity contribution in [3.8, 4) is 5.75 Å². The summed E-state index contributed by atoms with van der Waals surface area (Å²) >= 11 is 7.03. The second-order valence-corrected chi connectivity index (χ2v) is 6.90. The second kappa shape index (κ2) is 6.01. The quantitative estimate of drug-likeness (QED) is 0.882. The Labute approximate surface area is 125 Å². The number of aliphatic hydroxyl groups excluding tert-OH is 1. The number of aliphatic hydroxyl groups is 1. The number of halogens is 1. The summed E-state index contributed by atoms with van der Waals surface area (Å²) in [6.07, 6.45) is 0. The molecular weight excluding hydrogens is 322 g/mol. The molecule has 8 heteroatoms. The molecule has 0 spiro atoms. The summed E-state index contributed by atoms with van der Waals surface area (Å²) in [7, 11) is -2.37. The lowest BCUT2D eigenvalue weighted by Crippen LogP contribution is -2.14. The smallest absolute Gasteiger partial charge is 0.263 e. The third kappa shape index (κ3) is 3.06. The first-order valence-corrected chi connectivity index (χ1v) is 8.25. The molecule has 1 aromatic heterocycles. The number of rotatable bonds is 5. The Morgan fingerprint density at radius 3 is 2.80 bits per heavy atom. The van der Waals surface area contributed by atoms with Crippen molar-refractivity contribution in [2.75, 3.05) is 11.8 Å². The fraction of sp³-hybridized carbons (Fsp3) is 0.167. The summed E-state index contributed by atoms with van der Waals surface area (Å²) in [4.78, 5) is 0.422. The monoisotopic (exact) mass is 333 g/mol. The zero-order chi connectivity index (χ0) is 14.8. The minimum absolute atomic E-state index is 0.0482. The number of benzene rings is 1. The molecular formula is C12H12ClNO4S2. The summed E-state index contributed by atoms with van der Waals surface area (Å²) < 4.78 is 32.1. The van der Waals surface area contributed by atoms with E-state index in [2.05, 4.69) is 4.72 Å². The highest BCUT2D eigenvalue weighted by Crippen LogP contribution is 2.31. The Morgan fingerprint density at radius 2 is 2.15 bits per heavy atom. The van der Waals surface area contributed by atoms with Gasteiger partial charge >= 0.3 is 0 Å². The molecule has 0 fully saturated rings. The maximum Gasteiger partial charge on any atom is 0.263 e. The van der Waals surface area contributed by atoms with E-state index in [0.717, 1.165) is 0 Å². The zero-order valence-electron chi connectivity index (χ0n) is 10.5. The summed E-state index contributed by atoms with van der Waals surface area (Å²) in [5.74, 6) is 0.360. The van der Waals surface area contributed by atoms with Crippen LogP contribution in [-0.4, -0.2) is 20.6 Å². The van der Waals surface area contributed by atoms with E-state index in [-0.39, 0.29) is 17.2 Å². The normalized spacial score (nSPS) is 11.3. The minimum atomic E-state index is -3.80. The van der Waals surface area contributed by atoms with E-state index in [1.165, 1.54) is 30.6 Å². The van der Waals surface area contributed by atoms with Gasteiger partial charge in [0.05, 0.1) is 24.3 Å². The van der Waals surface area contributed by atoms with Crippen molar-refractivity contribution in [2.45, 2.75) is 11.5 Å². The molecule has 0 aliphatic heterocycles. The first-order valence-electron chi connectivity index (χ1n) is 5.51. The Morgan fingerprint density at radius 1 is 1.40 bits per heavy atom. The summed E-state index contributed by atoms with van der Waals surface area (Å²) in [5, 5.41) is 11.1. The van der Waals surface area contributed by atoms with Crippen LogP contribution in [0.5, 0.6) is 5.75 Å². The summed E-state index contributed by atoms with van der Waals surface area (Å²) in [6, 6.07) is 6.07. The van der Waals surface area contributed by atoms with E-state index in [9.17, 15) is 8.42 Å². The van der Waals surface area contributed by atoms with Crippen molar-refractivity contribution in [1.29, 1.82) is 0 Å². The maximum atomic E-state index is 12.3. The van der Waals surface area contributed by atoms with E-state index in [1.807, 2.05) is 0 Å². The average molecular weight is 334 g/mol. The molecule has 108 valence electrons. The SMILES string of the molecule is COc1ccc(Cl)cc1NS(=O)(=O)c1ccsc1CO. The first-order chi connectivity index (χ1) is 9.47. The second-order valence-electron chi connectivity index (χ2n) is 3.82. The Bertz CT molecular complexity index is 712. The van der Waals surface area contributed by atoms with Crippen LogP contribution in [0.15, 0.2) is 34.5 Å². The molecule has 1 aromatic carbocycles. The zero-order valence-corrected chi connectivity index (χ0v) is 12.8.